The first-order chi connectivity index (χ1) is 6.29. The van der Waals surface area contributed by atoms with Gasteiger partial charge in [0, 0.05) is 6.04 Å². The zero-order chi connectivity index (χ0) is 9.26. The van der Waals surface area contributed by atoms with E-state index < -0.39 is 0 Å². The fraction of sp³-hybridized carbons (Fsp3) is 0.333. The molecule has 1 aromatic rings. The summed E-state index contributed by atoms with van der Waals surface area (Å²) in [5.41, 5.74) is 10.0. The number of rotatable bonds is 1. The average molecular weight is 173 g/mol. The lowest BCUT2D eigenvalue weighted by molar-refractivity contribution is 0.791. The highest BCUT2D eigenvalue weighted by atomic mass is 14.6. The fourth-order valence-electron chi connectivity index (χ4n) is 1.93. The highest BCUT2D eigenvalue weighted by Crippen LogP contribution is 2.25. The molecule has 1 heteroatoms. The van der Waals surface area contributed by atoms with Gasteiger partial charge in [-0.2, -0.15) is 0 Å². The second kappa shape index (κ2) is 3.35. The summed E-state index contributed by atoms with van der Waals surface area (Å²) in [5.74, 6) is 0. The van der Waals surface area contributed by atoms with Crippen LogP contribution in [0.25, 0.3) is 6.08 Å². The summed E-state index contributed by atoms with van der Waals surface area (Å²) in [6.07, 6.45) is 6.72. The molecule has 13 heavy (non-hydrogen) atoms. The molecule has 0 heterocycles. The molecule has 0 bridgehead atoms. The van der Waals surface area contributed by atoms with Crippen molar-refractivity contribution in [1.29, 1.82) is 0 Å². The lowest BCUT2D eigenvalue weighted by atomic mass is 9.90. The van der Waals surface area contributed by atoms with Crippen molar-refractivity contribution in [1.82, 2.24) is 0 Å². The van der Waals surface area contributed by atoms with Gasteiger partial charge in [0.1, 0.15) is 0 Å². The Balaban J connectivity index is 2.53. The van der Waals surface area contributed by atoms with Crippen molar-refractivity contribution in [3.63, 3.8) is 0 Å². The molecular formula is C12H15N. The molecule has 1 aromatic carbocycles. The minimum absolute atomic E-state index is 0.154. The Labute approximate surface area is 79.3 Å². The third-order valence-electron chi connectivity index (χ3n) is 2.60. The molecule has 0 saturated heterocycles. The van der Waals surface area contributed by atoms with E-state index in [0.29, 0.717) is 0 Å². The summed E-state index contributed by atoms with van der Waals surface area (Å²) in [6.45, 7) is 2.05. The molecule has 68 valence electrons. The highest BCUT2D eigenvalue weighted by Gasteiger charge is 2.11. The van der Waals surface area contributed by atoms with Crippen LogP contribution in [0.3, 0.4) is 0 Å². The molecule has 0 radical (unpaired) electrons. The number of nitrogens with two attached hydrogens (primary N) is 1. The monoisotopic (exact) mass is 173 g/mol. The Morgan fingerprint density at radius 3 is 3.00 bits per heavy atom. The van der Waals surface area contributed by atoms with Crippen LogP contribution in [0.1, 0.15) is 36.1 Å². The van der Waals surface area contributed by atoms with Crippen molar-refractivity contribution in [3.05, 3.63) is 41.0 Å². The summed E-state index contributed by atoms with van der Waals surface area (Å²) >= 11 is 0. The molecule has 1 unspecified atom stereocenters. The van der Waals surface area contributed by atoms with Crippen LogP contribution in [-0.2, 0) is 6.42 Å². The van der Waals surface area contributed by atoms with E-state index in [9.17, 15) is 0 Å². The van der Waals surface area contributed by atoms with E-state index in [4.69, 9.17) is 5.73 Å². The number of hydrogen-bond donors (Lipinski definition) is 1. The summed E-state index contributed by atoms with van der Waals surface area (Å²) in [5, 5.41) is 0. The summed E-state index contributed by atoms with van der Waals surface area (Å²) in [4.78, 5) is 0. The van der Waals surface area contributed by atoms with Crippen LogP contribution in [0, 0.1) is 0 Å². The first-order valence-corrected chi connectivity index (χ1v) is 4.83. The Hall–Kier alpha value is -1.08. The smallest absolute Gasteiger partial charge is 0.0269 e. The van der Waals surface area contributed by atoms with Crippen LogP contribution >= 0.6 is 0 Å². The maximum Gasteiger partial charge on any atom is 0.0269 e. The second-order valence-electron chi connectivity index (χ2n) is 3.64. The van der Waals surface area contributed by atoms with Crippen LogP contribution in [0.2, 0.25) is 0 Å². The van der Waals surface area contributed by atoms with Gasteiger partial charge < -0.3 is 5.73 Å². The summed E-state index contributed by atoms with van der Waals surface area (Å²) in [6, 6.07) is 6.55. The average Bonchev–Trinajstić information content (AvgIpc) is 2.17. The Bertz CT molecular complexity index is 337. The van der Waals surface area contributed by atoms with Gasteiger partial charge in [-0.1, -0.05) is 30.4 Å². The minimum Gasteiger partial charge on any atom is -0.324 e. The molecule has 2 rings (SSSR count). The van der Waals surface area contributed by atoms with Crippen molar-refractivity contribution in [2.45, 2.75) is 25.8 Å². The number of fused-ring (bicyclic) bond motifs is 1. The molecule has 2 N–H and O–H groups in total. The van der Waals surface area contributed by atoms with Crippen molar-refractivity contribution < 1.29 is 0 Å². The second-order valence-corrected chi connectivity index (χ2v) is 3.64. The maximum absolute atomic E-state index is 5.91. The number of benzene rings is 1. The van der Waals surface area contributed by atoms with Crippen LogP contribution in [0.15, 0.2) is 24.3 Å². The van der Waals surface area contributed by atoms with Gasteiger partial charge in [-0.15, -0.1) is 0 Å². The lowest BCUT2D eigenvalue weighted by Gasteiger charge is -2.17. The van der Waals surface area contributed by atoms with E-state index in [1.165, 1.54) is 16.7 Å². The Morgan fingerprint density at radius 1 is 1.38 bits per heavy atom. The van der Waals surface area contributed by atoms with E-state index in [-0.39, 0.29) is 6.04 Å². The van der Waals surface area contributed by atoms with Gasteiger partial charge in [0.2, 0.25) is 0 Å². The third kappa shape index (κ3) is 1.52. The highest BCUT2D eigenvalue weighted by molar-refractivity contribution is 5.58. The predicted octanol–water partition coefficient (Wildman–Crippen LogP) is 2.67. The molecule has 0 fully saturated rings. The van der Waals surface area contributed by atoms with Gasteiger partial charge >= 0.3 is 0 Å². The van der Waals surface area contributed by atoms with E-state index in [0.717, 1.165) is 12.8 Å². The quantitative estimate of drug-likeness (QED) is 0.694. The predicted molar refractivity (Wildman–Crippen MR) is 56.4 cm³/mol. The van der Waals surface area contributed by atoms with Crippen LogP contribution in [0.4, 0.5) is 0 Å². The first-order valence-electron chi connectivity index (χ1n) is 4.83. The van der Waals surface area contributed by atoms with Crippen molar-refractivity contribution in [2.75, 3.05) is 0 Å². The van der Waals surface area contributed by atoms with Gasteiger partial charge in [0.25, 0.3) is 0 Å². The van der Waals surface area contributed by atoms with Gasteiger partial charge in [0.05, 0.1) is 0 Å². The van der Waals surface area contributed by atoms with E-state index in [2.05, 4.69) is 30.4 Å². The van der Waals surface area contributed by atoms with Crippen molar-refractivity contribution >= 4 is 6.08 Å². The largest absolute Gasteiger partial charge is 0.324 e. The topological polar surface area (TPSA) is 26.0 Å². The zero-order valence-electron chi connectivity index (χ0n) is 7.96. The molecule has 0 aliphatic heterocycles. The fourth-order valence-corrected chi connectivity index (χ4v) is 1.93. The molecular weight excluding hydrogens is 158 g/mol. The SMILES string of the molecule is CC(N)c1cccc2c1CCC=C2. The van der Waals surface area contributed by atoms with E-state index >= 15 is 0 Å². The van der Waals surface area contributed by atoms with Crippen LogP contribution < -0.4 is 5.73 Å². The standard InChI is InChI=1S/C12H15N/c1-9(13)11-8-4-6-10-5-2-3-7-12(10)11/h2,4-6,8-9H,3,7,13H2,1H3. The Kier molecular flexibility index (Phi) is 2.19. The molecule has 1 aliphatic carbocycles. The van der Waals surface area contributed by atoms with Crippen molar-refractivity contribution in [3.8, 4) is 0 Å². The van der Waals surface area contributed by atoms with Gasteiger partial charge in [-0.3, -0.25) is 0 Å². The van der Waals surface area contributed by atoms with Crippen LogP contribution in [-0.4, -0.2) is 0 Å². The van der Waals surface area contributed by atoms with E-state index in [1.807, 2.05) is 6.92 Å². The lowest BCUT2D eigenvalue weighted by Crippen LogP contribution is -2.10. The van der Waals surface area contributed by atoms with Gasteiger partial charge in [-0.05, 0) is 36.5 Å². The number of hydrogen-bond acceptors (Lipinski definition) is 1. The third-order valence-corrected chi connectivity index (χ3v) is 2.60. The number of allylic oxidation sites excluding steroid dienone is 1. The Morgan fingerprint density at radius 2 is 2.23 bits per heavy atom. The van der Waals surface area contributed by atoms with Crippen molar-refractivity contribution in [2.24, 2.45) is 5.73 Å². The normalized spacial score (nSPS) is 16.8. The molecule has 0 amide bonds. The van der Waals surface area contributed by atoms with Gasteiger partial charge in [-0.25, -0.2) is 0 Å². The van der Waals surface area contributed by atoms with Gasteiger partial charge in [0.15, 0.2) is 0 Å². The zero-order valence-corrected chi connectivity index (χ0v) is 7.96. The molecule has 0 saturated carbocycles. The molecule has 1 atom stereocenters. The maximum atomic E-state index is 5.91. The van der Waals surface area contributed by atoms with E-state index in [1.54, 1.807) is 0 Å². The molecule has 0 aromatic heterocycles. The molecule has 0 spiro atoms. The first kappa shape index (κ1) is 8.52. The minimum atomic E-state index is 0.154. The molecule has 1 aliphatic rings. The summed E-state index contributed by atoms with van der Waals surface area (Å²) in [7, 11) is 0. The van der Waals surface area contributed by atoms with Crippen LogP contribution in [0.5, 0.6) is 0 Å². The molecule has 1 nitrogen and oxygen atoms in total. The summed E-state index contributed by atoms with van der Waals surface area (Å²) < 4.78 is 0.